The van der Waals surface area contributed by atoms with Crippen LogP contribution in [0.25, 0.3) is 0 Å². The average molecular weight is 654 g/mol. The highest BCUT2D eigenvalue weighted by atomic mass is 15.2. The van der Waals surface area contributed by atoms with E-state index in [4.69, 9.17) is 0 Å². The van der Waals surface area contributed by atoms with Crippen molar-refractivity contribution in [2.45, 2.75) is 192 Å². The Labute approximate surface area is 297 Å². The van der Waals surface area contributed by atoms with Gasteiger partial charge in [0.15, 0.2) is 0 Å². The third-order valence-electron chi connectivity index (χ3n) is 19.3. The van der Waals surface area contributed by atoms with Gasteiger partial charge in [-0.05, 0) is 217 Å². The smallest absolute Gasteiger partial charge is 0.0132 e. The lowest BCUT2D eigenvalue weighted by Gasteiger charge is -2.62. The molecule has 0 bridgehead atoms. The molecule has 10 aliphatic carbocycles. The normalized spacial score (nSPS) is 54.8. The summed E-state index contributed by atoms with van der Waals surface area (Å²) in [5.41, 5.74) is 0. The first-order chi connectivity index (χ1) is 23.7. The molecule has 0 aliphatic heterocycles. The average Bonchev–Trinajstić information content (AvgIpc) is 3.14. The van der Waals surface area contributed by atoms with E-state index in [0.717, 1.165) is 107 Å². The molecule has 10 aliphatic rings. The Morgan fingerprint density at radius 1 is 0.375 bits per heavy atom. The maximum atomic E-state index is 3.38. The van der Waals surface area contributed by atoms with Crippen LogP contribution in [0, 0.1) is 88.8 Å². The highest BCUT2D eigenvalue weighted by molar-refractivity contribution is 5.09. The van der Waals surface area contributed by atoms with Gasteiger partial charge < -0.3 is 0 Å². The van der Waals surface area contributed by atoms with E-state index in [-0.39, 0.29) is 0 Å². The van der Waals surface area contributed by atoms with E-state index in [1.54, 1.807) is 109 Å². The zero-order chi connectivity index (χ0) is 31.8. The van der Waals surface area contributed by atoms with Gasteiger partial charge >= 0.3 is 0 Å². The number of hydrogen-bond acceptors (Lipinski definition) is 1. The molecule has 0 saturated heterocycles. The molecule has 0 aromatic rings. The Morgan fingerprint density at radius 3 is 1.44 bits per heavy atom. The Bertz CT molecular complexity index is 1110. The molecule has 10 rings (SSSR count). The molecule has 0 amide bonds. The van der Waals surface area contributed by atoms with Gasteiger partial charge in [-0.3, -0.25) is 4.90 Å². The van der Waals surface area contributed by atoms with Gasteiger partial charge in [-0.25, -0.2) is 0 Å². The zero-order valence-electron chi connectivity index (χ0n) is 31.4. The van der Waals surface area contributed by atoms with Gasteiger partial charge in [-0.1, -0.05) is 57.6 Å². The topological polar surface area (TPSA) is 3.24 Å². The van der Waals surface area contributed by atoms with Crippen molar-refractivity contribution in [3.63, 3.8) is 0 Å². The van der Waals surface area contributed by atoms with Crippen LogP contribution < -0.4 is 0 Å². The Morgan fingerprint density at radius 2 is 0.833 bits per heavy atom. The minimum Gasteiger partial charge on any atom is -0.294 e. The molecule has 0 radical (unpaired) electrons. The molecule has 0 spiro atoms. The van der Waals surface area contributed by atoms with Crippen LogP contribution in [0.15, 0.2) is 12.2 Å². The molecule has 48 heavy (non-hydrogen) atoms. The molecule has 268 valence electrons. The van der Waals surface area contributed by atoms with Gasteiger partial charge in [0, 0.05) is 18.1 Å². The van der Waals surface area contributed by atoms with Crippen molar-refractivity contribution in [1.82, 2.24) is 4.90 Å². The molecule has 1 heteroatoms. The summed E-state index contributed by atoms with van der Waals surface area (Å²) in [6.07, 6.45) is 46.3. The van der Waals surface area contributed by atoms with Crippen LogP contribution in [-0.2, 0) is 0 Å². The second kappa shape index (κ2) is 13.6. The van der Waals surface area contributed by atoms with E-state index in [0.29, 0.717) is 0 Å². The molecule has 1 nitrogen and oxygen atoms in total. The third-order valence-corrected chi connectivity index (χ3v) is 19.3. The highest BCUT2D eigenvalue weighted by Gasteiger charge is 2.56. The standard InChI is InChI=1S/C47H75N/c1-30-8-23-39(24-9-30)48(43-29-22-38-19-17-34-5-3-7-36-21-28-42(43)47(38)45(34)36)40-25-11-31(12-26-40)10-13-32-14-15-37-18-16-33-4-2-6-35-20-27-41(32)46(37)44(33)35/h10,13,30-47H,2-9,11-12,14-29H2,1H3. The van der Waals surface area contributed by atoms with Gasteiger partial charge in [0.2, 0.25) is 0 Å². The van der Waals surface area contributed by atoms with E-state index in [1.165, 1.54) is 57.8 Å². The lowest BCUT2D eigenvalue weighted by molar-refractivity contribution is -0.124. The van der Waals surface area contributed by atoms with Crippen LogP contribution in [0.2, 0.25) is 0 Å². The van der Waals surface area contributed by atoms with E-state index in [2.05, 4.69) is 24.0 Å². The number of rotatable bonds is 5. The van der Waals surface area contributed by atoms with Crippen LogP contribution in [0.4, 0.5) is 0 Å². The first-order valence-corrected chi connectivity index (χ1v) is 23.1. The lowest BCUT2D eigenvalue weighted by Crippen LogP contribution is -2.61. The van der Waals surface area contributed by atoms with E-state index < -0.39 is 0 Å². The van der Waals surface area contributed by atoms with E-state index in [1.807, 2.05) is 0 Å². The van der Waals surface area contributed by atoms with Gasteiger partial charge in [-0.2, -0.15) is 0 Å². The predicted molar refractivity (Wildman–Crippen MR) is 200 cm³/mol. The molecule has 0 N–H and O–H groups in total. The fraction of sp³-hybridized carbons (Fsp3) is 0.957. The van der Waals surface area contributed by atoms with Crippen LogP contribution in [-0.4, -0.2) is 23.0 Å². The summed E-state index contributed by atoms with van der Waals surface area (Å²) in [6, 6.07) is 2.75. The summed E-state index contributed by atoms with van der Waals surface area (Å²) in [5.74, 6) is 16.1. The van der Waals surface area contributed by atoms with Crippen molar-refractivity contribution in [2.75, 3.05) is 0 Å². The second-order valence-electron chi connectivity index (χ2n) is 21.1. The SMILES string of the molecule is CC1CCC(N(C2CCC(C=CC3CCC4CCC5CCCC6CCC3C4C56)CC2)C2CCC3CCC4CCCC5CCC2C3C45)CC1. The van der Waals surface area contributed by atoms with Crippen LogP contribution in [0.5, 0.6) is 0 Å². The molecule has 14 atom stereocenters. The van der Waals surface area contributed by atoms with Gasteiger partial charge in [0.05, 0.1) is 0 Å². The highest BCUT2D eigenvalue weighted by Crippen LogP contribution is 2.63. The Balaban J connectivity index is 0.832. The fourth-order valence-corrected chi connectivity index (χ4v) is 17.5. The Hall–Kier alpha value is -0.300. The summed E-state index contributed by atoms with van der Waals surface area (Å²) in [5, 5.41) is 0. The van der Waals surface area contributed by atoms with Gasteiger partial charge in [-0.15, -0.1) is 0 Å². The third kappa shape index (κ3) is 5.69. The lowest BCUT2D eigenvalue weighted by atomic mass is 9.46. The largest absolute Gasteiger partial charge is 0.294 e. The number of hydrogen-bond donors (Lipinski definition) is 0. The minimum atomic E-state index is 0.879. The van der Waals surface area contributed by atoms with Crippen molar-refractivity contribution < 1.29 is 0 Å². The van der Waals surface area contributed by atoms with Crippen molar-refractivity contribution in [1.29, 1.82) is 0 Å². The molecule has 14 unspecified atom stereocenters. The maximum absolute atomic E-state index is 3.38. The molecular weight excluding hydrogens is 579 g/mol. The molecule has 10 saturated carbocycles. The van der Waals surface area contributed by atoms with Crippen molar-refractivity contribution in [3.05, 3.63) is 12.2 Å². The number of nitrogens with zero attached hydrogens (tertiary/aromatic N) is 1. The quantitative estimate of drug-likeness (QED) is 0.267. The summed E-state index contributed by atoms with van der Waals surface area (Å²) in [6.45, 7) is 2.55. The van der Waals surface area contributed by atoms with Crippen molar-refractivity contribution in [2.24, 2.45) is 88.8 Å². The van der Waals surface area contributed by atoms with E-state index >= 15 is 0 Å². The summed E-state index contributed by atoms with van der Waals surface area (Å²) in [7, 11) is 0. The molecule has 0 heterocycles. The number of allylic oxidation sites excluding steroid dienone is 2. The van der Waals surface area contributed by atoms with E-state index in [9.17, 15) is 0 Å². The summed E-state index contributed by atoms with van der Waals surface area (Å²) in [4.78, 5) is 3.38. The predicted octanol–water partition coefficient (Wildman–Crippen LogP) is 12.5. The molecule has 10 fully saturated rings. The fourth-order valence-electron chi connectivity index (χ4n) is 17.5. The van der Waals surface area contributed by atoms with Crippen molar-refractivity contribution in [3.8, 4) is 0 Å². The van der Waals surface area contributed by atoms with Gasteiger partial charge in [0.1, 0.15) is 0 Å². The second-order valence-corrected chi connectivity index (χ2v) is 21.1. The van der Waals surface area contributed by atoms with Gasteiger partial charge in [0.25, 0.3) is 0 Å². The van der Waals surface area contributed by atoms with Crippen molar-refractivity contribution >= 4 is 0 Å². The monoisotopic (exact) mass is 654 g/mol. The maximum Gasteiger partial charge on any atom is 0.0132 e. The summed E-state index contributed by atoms with van der Waals surface area (Å²) >= 11 is 0. The zero-order valence-corrected chi connectivity index (χ0v) is 31.4. The summed E-state index contributed by atoms with van der Waals surface area (Å²) < 4.78 is 0. The van der Waals surface area contributed by atoms with Crippen LogP contribution in [0.3, 0.4) is 0 Å². The first-order valence-electron chi connectivity index (χ1n) is 23.1. The molecule has 0 aromatic carbocycles. The first kappa shape index (κ1) is 32.4. The van der Waals surface area contributed by atoms with Crippen LogP contribution in [0.1, 0.15) is 174 Å². The molecular formula is C47H75N. The van der Waals surface area contributed by atoms with Crippen LogP contribution >= 0.6 is 0 Å². The Kier molecular flexibility index (Phi) is 9.16. The molecule has 0 aromatic heterocycles. The minimum absolute atomic E-state index is 0.879.